The van der Waals surface area contributed by atoms with Crippen molar-refractivity contribution in [1.82, 2.24) is 4.90 Å². The van der Waals surface area contributed by atoms with Crippen molar-refractivity contribution in [2.45, 2.75) is 27.3 Å². The van der Waals surface area contributed by atoms with Gasteiger partial charge in [-0.15, -0.1) is 0 Å². The van der Waals surface area contributed by atoms with Crippen molar-refractivity contribution < 1.29 is 9.59 Å². The zero-order chi connectivity index (χ0) is 16.8. The van der Waals surface area contributed by atoms with E-state index in [-0.39, 0.29) is 18.4 Å². The average molecular weight is 310 g/mol. The fourth-order valence-corrected chi connectivity index (χ4v) is 2.32. The van der Waals surface area contributed by atoms with Crippen molar-refractivity contribution in [3.63, 3.8) is 0 Å². The van der Waals surface area contributed by atoms with Gasteiger partial charge in [0.2, 0.25) is 11.8 Å². The van der Waals surface area contributed by atoms with Crippen molar-refractivity contribution in [3.8, 4) is 0 Å². The van der Waals surface area contributed by atoms with Gasteiger partial charge in [0.15, 0.2) is 0 Å². The predicted molar refractivity (Wildman–Crippen MR) is 92.1 cm³/mol. The van der Waals surface area contributed by atoms with Gasteiger partial charge in [0.25, 0.3) is 0 Å². The second-order valence-corrected chi connectivity index (χ2v) is 5.78. The molecular formula is C19H22N2O2. The molecule has 0 bridgehead atoms. The van der Waals surface area contributed by atoms with E-state index in [9.17, 15) is 9.59 Å². The highest BCUT2D eigenvalue weighted by Gasteiger charge is 2.14. The Kier molecular flexibility index (Phi) is 5.52. The summed E-state index contributed by atoms with van der Waals surface area (Å²) in [4.78, 5) is 25.5. The van der Waals surface area contributed by atoms with Crippen LogP contribution in [0.3, 0.4) is 0 Å². The summed E-state index contributed by atoms with van der Waals surface area (Å²) in [6, 6.07) is 15.5. The molecule has 0 atom stereocenters. The molecule has 0 saturated carbocycles. The topological polar surface area (TPSA) is 49.4 Å². The van der Waals surface area contributed by atoms with Gasteiger partial charge in [-0.3, -0.25) is 9.59 Å². The molecule has 0 aliphatic carbocycles. The maximum Gasteiger partial charge on any atom is 0.244 e. The molecule has 0 aliphatic rings. The van der Waals surface area contributed by atoms with E-state index >= 15 is 0 Å². The second-order valence-electron chi connectivity index (χ2n) is 5.78. The molecule has 0 aromatic heterocycles. The van der Waals surface area contributed by atoms with E-state index in [1.165, 1.54) is 11.8 Å². The Balaban J connectivity index is 1.99. The van der Waals surface area contributed by atoms with Crippen molar-refractivity contribution in [2.24, 2.45) is 0 Å². The molecular weight excluding hydrogens is 288 g/mol. The van der Waals surface area contributed by atoms with E-state index in [1.807, 2.05) is 62.4 Å². The van der Waals surface area contributed by atoms with Gasteiger partial charge < -0.3 is 10.2 Å². The van der Waals surface area contributed by atoms with Crippen LogP contribution in [0.2, 0.25) is 0 Å². The molecule has 0 spiro atoms. The third-order valence-electron chi connectivity index (χ3n) is 3.57. The predicted octanol–water partition coefficient (Wildman–Crippen LogP) is 3.29. The molecule has 1 N–H and O–H groups in total. The summed E-state index contributed by atoms with van der Waals surface area (Å²) in [5, 5.41) is 2.82. The normalized spacial score (nSPS) is 10.2. The average Bonchev–Trinajstić information content (AvgIpc) is 2.49. The molecule has 0 fully saturated rings. The summed E-state index contributed by atoms with van der Waals surface area (Å²) in [6.45, 7) is 5.95. The van der Waals surface area contributed by atoms with E-state index in [4.69, 9.17) is 0 Å². The highest BCUT2D eigenvalue weighted by molar-refractivity contribution is 5.94. The van der Waals surface area contributed by atoms with E-state index < -0.39 is 0 Å². The van der Waals surface area contributed by atoms with Crippen molar-refractivity contribution in [3.05, 3.63) is 65.2 Å². The Morgan fingerprint density at radius 3 is 2.30 bits per heavy atom. The van der Waals surface area contributed by atoms with Gasteiger partial charge in [0.05, 0.1) is 0 Å². The Morgan fingerprint density at radius 1 is 1.00 bits per heavy atom. The Labute approximate surface area is 137 Å². The lowest BCUT2D eigenvalue weighted by atomic mass is 10.1. The van der Waals surface area contributed by atoms with Gasteiger partial charge in [0, 0.05) is 19.2 Å². The summed E-state index contributed by atoms with van der Waals surface area (Å²) in [6.07, 6.45) is 0. The minimum Gasteiger partial charge on any atom is -0.329 e. The molecule has 4 heteroatoms. The minimum atomic E-state index is -0.197. The number of nitrogens with one attached hydrogen (secondary N) is 1. The first-order valence-corrected chi connectivity index (χ1v) is 7.61. The molecule has 2 aromatic carbocycles. The fraction of sp³-hybridized carbons (Fsp3) is 0.263. The van der Waals surface area contributed by atoms with E-state index in [2.05, 4.69) is 5.32 Å². The summed E-state index contributed by atoms with van der Waals surface area (Å²) in [5.41, 5.74) is 4.02. The highest BCUT2D eigenvalue weighted by Crippen LogP contribution is 2.10. The molecule has 120 valence electrons. The Morgan fingerprint density at radius 2 is 1.70 bits per heavy atom. The first kappa shape index (κ1) is 16.7. The number of nitrogens with zero attached hydrogens (tertiary/aromatic N) is 1. The molecule has 0 aliphatic heterocycles. The van der Waals surface area contributed by atoms with E-state index in [0.717, 1.165) is 22.4 Å². The summed E-state index contributed by atoms with van der Waals surface area (Å²) >= 11 is 0. The highest BCUT2D eigenvalue weighted by atomic mass is 16.2. The van der Waals surface area contributed by atoms with Gasteiger partial charge in [-0.1, -0.05) is 47.5 Å². The van der Waals surface area contributed by atoms with E-state index in [1.54, 1.807) is 0 Å². The number of aryl methyl sites for hydroxylation is 2. The van der Waals surface area contributed by atoms with Gasteiger partial charge >= 0.3 is 0 Å². The number of carbonyl (C=O) groups is 2. The molecule has 2 rings (SSSR count). The van der Waals surface area contributed by atoms with Crippen LogP contribution in [-0.4, -0.2) is 23.3 Å². The first-order valence-electron chi connectivity index (χ1n) is 7.61. The third-order valence-corrected chi connectivity index (χ3v) is 3.57. The molecule has 0 heterocycles. The lowest BCUT2D eigenvalue weighted by molar-refractivity contribution is -0.133. The first-order chi connectivity index (χ1) is 10.9. The van der Waals surface area contributed by atoms with Crippen molar-refractivity contribution in [2.75, 3.05) is 11.9 Å². The van der Waals surface area contributed by atoms with Crippen LogP contribution in [0, 0.1) is 13.8 Å². The largest absolute Gasteiger partial charge is 0.329 e. The summed E-state index contributed by atoms with van der Waals surface area (Å²) in [7, 11) is 0. The maximum absolute atomic E-state index is 12.2. The number of hydrogen-bond acceptors (Lipinski definition) is 2. The quantitative estimate of drug-likeness (QED) is 0.921. The molecule has 0 radical (unpaired) electrons. The molecule has 23 heavy (non-hydrogen) atoms. The zero-order valence-electron chi connectivity index (χ0n) is 13.8. The van der Waals surface area contributed by atoms with Gasteiger partial charge in [0.1, 0.15) is 6.54 Å². The van der Waals surface area contributed by atoms with Crippen LogP contribution < -0.4 is 5.32 Å². The zero-order valence-corrected chi connectivity index (χ0v) is 13.8. The Hall–Kier alpha value is -2.62. The summed E-state index contributed by atoms with van der Waals surface area (Å²) < 4.78 is 0. The molecule has 0 unspecified atom stereocenters. The van der Waals surface area contributed by atoms with Crippen LogP contribution in [0.4, 0.5) is 5.69 Å². The number of rotatable bonds is 5. The van der Waals surface area contributed by atoms with Gasteiger partial charge in [-0.2, -0.15) is 0 Å². The molecule has 0 saturated heterocycles. The Bertz CT molecular complexity index is 693. The SMILES string of the molecule is CC(=O)N(CC(=O)Nc1ccc(C)cc1)Cc1cccc(C)c1. The standard InChI is InChI=1S/C19H22N2O2/c1-14-7-9-18(10-8-14)20-19(23)13-21(16(3)22)12-17-6-4-5-15(2)11-17/h4-11H,12-13H2,1-3H3,(H,20,23). The number of amides is 2. The van der Waals surface area contributed by atoms with Crippen LogP contribution in [0.25, 0.3) is 0 Å². The van der Waals surface area contributed by atoms with Gasteiger partial charge in [-0.25, -0.2) is 0 Å². The molecule has 4 nitrogen and oxygen atoms in total. The van der Waals surface area contributed by atoms with E-state index in [0.29, 0.717) is 6.54 Å². The van der Waals surface area contributed by atoms with Crippen LogP contribution in [0.5, 0.6) is 0 Å². The third kappa shape index (κ3) is 5.25. The van der Waals surface area contributed by atoms with Gasteiger partial charge in [-0.05, 0) is 31.5 Å². The van der Waals surface area contributed by atoms with Crippen LogP contribution in [0.1, 0.15) is 23.6 Å². The maximum atomic E-state index is 12.2. The van der Waals surface area contributed by atoms with Crippen molar-refractivity contribution in [1.29, 1.82) is 0 Å². The lowest BCUT2D eigenvalue weighted by Gasteiger charge is -2.21. The number of carbonyl (C=O) groups excluding carboxylic acids is 2. The van der Waals surface area contributed by atoms with Crippen LogP contribution in [-0.2, 0) is 16.1 Å². The van der Waals surface area contributed by atoms with Crippen molar-refractivity contribution >= 4 is 17.5 Å². The second kappa shape index (κ2) is 7.58. The number of benzene rings is 2. The van der Waals surface area contributed by atoms with Crippen LogP contribution in [0.15, 0.2) is 48.5 Å². The molecule has 2 amide bonds. The summed E-state index contributed by atoms with van der Waals surface area (Å²) in [5.74, 6) is -0.317. The number of hydrogen-bond donors (Lipinski definition) is 1. The molecule has 2 aromatic rings. The monoisotopic (exact) mass is 310 g/mol. The van der Waals surface area contributed by atoms with Crippen LogP contribution >= 0.6 is 0 Å². The number of anilines is 1. The smallest absolute Gasteiger partial charge is 0.244 e. The minimum absolute atomic E-state index is 0.0388. The fourth-order valence-electron chi connectivity index (χ4n) is 2.32. The lowest BCUT2D eigenvalue weighted by Crippen LogP contribution is -2.36.